The van der Waals surface area contributed by atoms with Gasteiger partial charge in [-0.15, -0.1) is 10.2 Å². The Morgan fingerprint density at radius 3 is 2.84 bits per heavy atom. The number of halogens is 1. The summed E-state index contributed by atoms with van der Waals surface area (Å²) in [5, 5.41) is 15.4. The third-order valence-electron chi connectivity index (χ3n) is 4.01. The van der Waals surface area contributed by atoms with Crippen molar-refractivity contribution in [2.75, 3.05) is 11.9 Å². The average molecular weight is 339 g/mol. The van der Waals surface area contributed by atoms with Crippen molar-refractivity contribution in [2.24, 2.45) is 7.05 Å². The van der Waals surface area contributed by atoms with Gasteiger partial charge in [-0.3, -0.25) is 0 Å². The van der Waals surface area contributed by atoms with Crippen molar-refractivity contribution in [2.45, 2.75) is 19.5 Å². The van der Waals surface area contributed by atoms with Crippen LogP contribution in [-0.4, -0.2) is 41.8 Å². The van der Waals surface area contributed by atoms with Gasteiger partial charge >= 0.3 is 0 Å². The summed E-state index contributed by atoms with van der Waals surface area (Å²) in [4.78, 5) is 4.30. The topological polar surface area (TPSA) is 72.9 Å². The smallest absolute Gasteiger partial charge is 0.241 e. The molecule has 0 aliphatic rings. The molecule has 4 rings (SSSR count). The van der Waals surface area contributed by atoms with Gasteiger partial charge in [0.05, 0.1) is 23.8 Å². The van der Waals surface area contributed by atoms with Crippen molar-refractivity contribution in [3.63, 3.8) is 0 Å². The maximum absolute atomic E-state index is 13.6. The molecular formula is C17H18FN7. The van der Waals surface area contributed by atoms with E-state index in [1.54, 1.807) is 15.4 Å². The molecule has 0 saturated carbocycles. The van der Waals surface area contributed by atoms with Crippen LogP contribution in [-0.2, 0) is 7.05 Å². The Balaban J connectivity index is 1.71. The lowest BCUT2D eigenvalue weighted by molar-refractivity contribution is 0.234. The van der Waals surface area contributed by atoms with Crippen molar-refractivity contribution in [3.8, 4) is 11.1 Å². The van der Waals surface area contributed by atoms with E-state index >= 15 is 0 Å². The molecule has 4 aromatic rings. The number of rotatable bonds is 4. The summed E-state index contributed by atoms with van der Waals surface area (Å²) >= 11 is 0. The van der Waals surface area contributed by atoms with Gasteiger partial charge in [-0.05, 0) is 37.6 Å². The lowest BCUT2D eigenvalue weighted by Crippen LogP contribution is -2.25. The monoisotopic (exact) mass is 339 g/mol. The number of anilines is 1. The number of nitrogens with zero attached hydrogens (tertiary/aromatic N) is 6. The number of aryl methyl sites for hydroxylation is 1. The molecule has 25 heavy (non-hydrogen) atoms. The molecule has 7 nitrogen and oxygen atoms in total. The highest BCUT2D eigenvalue weighted by Gasteiger charge is 2.16. The molecule has 0 atom stereocenters. The molecule has 0 bridgehead atoms. The third-order valence-corrected chi connectivity index (χ3v) is 4.01. The molecule has 3 aromatic heterocycles. The zero-order valence-electron chi connectivity index (χ0n) is 14.2. The van der Waals surface area contributed by atoms with Crippen LogP contribution < -0.4 is 5.32 Å². The molecule has 0 amide bonds. The van der Waals surface area contributed by atoms with Gasteiger partial charge in [0.1, 0.15) is 11.2 Å². The number of hydrogen-bond acceptors (Lipinski definition) is 5. The van der Waals surface area contributed by atoms with E-state index in [2.05, 4.69) is 25.7 Å². The van der Waals surface area contributed by atoms with E-state index < -0.39 is 5.67 Å². The first-order chi connectivity index (χ1) is 11.9. The maximum atomic E-state index is 13.6. The van der Waals surface area contributed by atoms with Crippen LogP contribution in [0.3, 0.4) is 0 Å². The Labute approximate surface area is 143 Å². The minimum atomic E-state index is -1.33. The second kappa shape index (κ2) is 5.51. The molecule has 0 aliphatic carbocycles. The zero-order chi connectivity index (χ0) is 17.6. The molecule has 0 fully saturated rings. The molecule has 128 valence electrons. The summed E-state index contributed by atoms with van der Waals surface area (Å²) < 4.78 is 17.1. The SMILES string of the molecule is Cn1nnc2ccc(-c3ccn4nc(NCC(C)(C)F)ncc34)cc21. The number of alkyl halides is 1. The van der Waals surface area contributed by atoms with Gasteiger partial charge in [0.2, 0.25) is 5.95 Å². The molecular weight excluding hydrogens is 321 g/mol. The van der Waals surface area contributed by atoms with Crippen molar-refractivity contribution in [1.29, 1.82) is 0 Å². The minimum absolute atomic E-state index is 0.150. The number of aromatic nitrogens is 6. The van der Waals surface area contributed by atoms with Gasteiger partial charge in [0.25, 0.3) is 0 Å². The van der Waals surface area contributed by atoms with Gasteiger partial charge < -0.3 is 5.32 Å². The highest BCUT2D eigenvalue weighted by molar-refractivity contribution is 5.87. The predicted molar refractivity (Wildman–Crippen MR) is 94.2 cm³/mol. The first-order valence-corrected chi connectivity index (χ1v) is 7.98. The van der Waals surface area contributed by atoms with E-state index in [0.29, 0.717) is 5.95 Å². The lowest BCUT2D eigenvalue weighted by atomic mass is 10.1. The van der Waals surface area contributed by atoms with Crippen LogP contribution in [0.5, 0.6) is 0 Å². The summed E-state index contributed by atoms with van der Waals surface area (Å²) in [6, 6.07) is 7.98. The van der Waals surface area contributed by atoms with E-state index in [1.807, 2.05) is 37.5 Å². The van der Waals surface area contributed by atoms with Crippen LogP contribution in [0.4, 0.5) is 10.3 Å². The van der Waals surface area contributed by atoms with E-state index in [4.69, 9.17) is 0 Å². The quantitative estimate of drug-likeness (QED) is 0.619. The van der Waals surface area contributed by atoms with Crippen LogP contribution in [0.2, 0.25) is 0 Å². The molecule has 1 N–H and O–H groups in total. The lowest BCUT2D eigenvalue weighted by Gasteiger charge is -2.14. The van der Waals surface area contributed by atoms with E-state index in [1.165, 1.54) is 13.8 Å². The van der Waals surface area contributed by atoms with Crippen molar-refractivity contribution in [3.05, 3.63) is 36.7 Å². The van der Waals surface area contributed by atoms with E-state index in [-0.39, 0.29) is 6.54 Å². The molecule has 0 unspecified atom stereocenters. The van der Waals surface area contributed by atoms with Crippen LogP contribution in [0.1, 0.15) is 13.8 Å². The summed E-state index contributed by atoms with van der Waals surface area (Å²) in [5.41, 5.74) is 3.41. The second-order valence-corrected chi connectivity index (χ2v) is 6.63. The molecule has 8 heteroatoms. The molecule has 0 saturated heterocycles. The van der Waals surface area contributed by atoms with Crippen LogP contribution in [0.25, 0.3) is 27.7 Å². The normalized spacial score (nSPS) is 12.2. The van der Waals surface area contributed by atoms with Gasteiger partial charge in [0, 0.05) is 18.8 Å². The fraction of sp³-hybridized carbons (Fsp3) is 0.294. The number of fused-ring (bicyclic) bond motifs is 2. The number of hydrogen-bond donors (Lipinski definition) is 1. The molecule has 0 radical (unpaired) electrons. The summed E-state index contributed by atoms with van der Waals surface area (Å²) in [7, 11) is 1.87. The van der Waals surface area contributed by atoms with Crippen LogP contribution in [0, 0.1) is 0 Å². The van der Waals surface area contributed by atoms with Gasteiger partial charge in [0.15, 0.2) is 0 Å². The van der Waals surface area contributed by atoms with Crippen molar-refractivity contribution >= 4 is 22.5 Å². The fourth-order valence-electron chi connectivity index (χ4n) is 2.71. The van der Waals surface area contributed by atoms with E-state index in [0.717, 1.165) is 27.7 Å². The fourth-order valence-corrected chi connectivity index (χ4v) is 2.71. The summed E-state index contributed by atoms with van der Waals surface area (Å²) in [6.45, 7) is 3.17. The van der Waals surface area contributed by atoms with Crippen molar-refractivity contribution in [1.82, 2.24) is 29.6 Å². The largest absolute Gasteiger partial charge is 0.350 e. The Morgan fingerprint density at radius 1 is 1.20 bits per heavy atom. The first-order valence-electron chi connectivity index (χ1n) is 7.98. The van der Waals surface area contributed by atoms with Gasteiger partial charge in [-0.25, -0.2) is 18.6 Å². The number of benzene rings is 1. The Kier molecular flexibility index (Phi) is 3.41. The molecule has 0 spiro atoms. The first kappa shape index (κ1) is 15.5. The molecule has 0 aliphatic heterocycles. The Bertz CT molecular complexity index is 1060. The highest BCUT2D eigenvalue weighted by Crippen LogP contribution is 2.27. The van der Waals surface area contributed by atoms with E-state index in [9.17, 15) is 4.39 Å². The van der Waals surface area contributed by atoms with Gasteiger partial charge in [-0.2, -0.15) is 0 Å². The van der Waals surface area contributed by atoms with Crippen molar-refractivity contribution < 1.29 is 4.39 Å². The average Bonchev–Trinajstić information content (AvgIpc) is 3.15. The molecule has 1 aromatic carbocycles. The van der Waals surface area contributed by atoms with Crippen LogP contribution >= 0.6 is 0 Å². The maximum Gasteiger partial charge on any atom is 0.241 e. The predicted octanol–water partition coefficient (Wildman–Crippen LogP) is 2.84. The summed E-state index contributed by atoms with van der Waals surface area (Å²) in [5.74, 6) is 0.395. The number of nitrogens with one attached hydrogen (secondary N) is 1. The standard InChI is InChI=1S/C17H18FN7/c1-17(2,18)10-20-16-19-9-15-12(6-7-25(15)22-16)11-4-5-13-14(8-11)24(3)23-21-13/h4-9H,10H2,1-3H3,(H,20,22). The third kappa shape index (κ3) is 2.90. The summed E-state index contributed by atoms with van der Waals surface area (Å²) in [6.07, 6.45) is 3.60. The molecule has 3 heterocycles. The minimum Gasteiger partial charge on any atom is -0.350 e. The Morgan fingerprint density at radius 2 is 2.04 bits per heavy atom. The second-order valence-electron chi connectivity index (χ2n) is 6.63. The van der Waals surface area contributed by atoms with Crippen LogP contribution in [0.15, 0.2) is 36.7 Å². The van der Waals surface area contributed by atoms with Gasteiger partial charge in [-0.1, -0.05) is 11.3 Å². The Hall–Kier alpha value is -3.03. The highest BCUT2D eigenvalue weighted by atomic mass is 19.1. The zero-order valence-corrected chi connectivity index (χ0v) is 14.2.